The lowest BCUT2D eigenvalue weighted by molar-refractivity contribution is 0.0744. The van der Waals surface area contributed by atoms with Crippen molar-refractivity contribution in [1.82, 2.24) is 0 Å². The van der Waals surface area contributed by atoms with E-state index in [-0.39, 0.29) is 5.82 Å². The molecule has 5 nitrogen and oxygen atoms in total. The number of halogens is 1. The summed E-state index contributed by atoms with van der Waals surface area (Å²) in [6.07, 6.45) is 0.642. The predicted octanol–water partition coefficient (Wildman–Crippen LogP) is 3.75. The largest absolute Gasteiger partial charge is 0.496 e. The highest BCUT2D eigenvalue weighted by Gasteiger charge is 2.12. The molecule has 3 aromatic rings. The first-order valence-corrected chi connectivity index (χ1v) is 8.67. The van der Waals surface area contributed by atoms with Crippen LogP contribution in [0.3, 0.4) is 0 Å². The smallest absolute Gasteiger partial charge is 0.186 e. The zero-order valence-electron chi connectivity index (χ0n) is 15.4. The monoisotopic (exact) mass is 384 g/mol. The first-order valence-electron chi connectivity index (χ1n) is 8.67. The molecule has 0 spiro atoms. The van der Waals surface area contributed by atoms with Crippen LogP contribution in [0.2, 0.25) is 0 Å². The van der Waals surface area contributed by atoms with Crippen molar-refractivity contribution in [3.05, 3.63) is 77.6 Å². The van der Waals surface area contributed by atoms with E-state index in [1.807, 2.05) is 24.3 Å². The van der Waals surface area contributed by atoms with E-state index in [0.29, 0.717) is 23.7 Å². The molecule has 0 atom stereocenters. The van der Waals surface area contributed by atoms with E-state index in [1.54, 1.807) is 31.4 Å². The van der Waals surface area contributed by atoms with Crippen LogP contribution in [0.15, 0.2) is 60.7 Å². The van der Waals surface area contributed by atoms with Gasteiger partial charge in [0, 0.05) is 5.56 Å². The lowest BCUT2D eigenvalue weighted by Gasteiger charge is -2.15. The van der Waals surface area contributed by atoms with Gasteiger partial charge in [0.05, 0.1) is 7.11 Å². The molecule has 0 fully saturated rings. The summed E-state index contributed by atoms with van der Waals surface area (Å²) in [5.41, 5.74) is 3.66. The number of ether oxygens (including phenoxy) is 3. The van der Waals surface area contributed by atoms with Crippen molar-refractivity contribution in [3.8, 4) is 28.4 Å². The molecule has 0 aromatic heterocycles. The fraction of sp³-hybridized carbons (Fsp3) is 0.182. The third kappa shape index (κ3) is 4.60. The molecule has 0 unspecified atom stereocenters. The molecule has 3 aromatic carbocycles. The van der Waals surface area contributed by atoms with Gasteiger partial charge in [-0.1, -0.05) is 24.3 Å². The molecule has 6 heteroatoms. The van der Waals surface area contributed by atoms with Crippen molar-refractivity contribution in [2.75, 3.05) is 20.7 Å². The number of hydrogen-bond acceptors (Lipinski definition) is 5. The average Bonchev–Trinajstić information content (AvgIpc) is 2.71. The Bertz CT molecular complexity index is 925. The summed E-state index contributed by atoms with van der Waals surface area (Å²) in [5, 5.41) is 18.1. The van der Waals surface area contributed by atoms with Gasteiger partial charge in [-0.3, -0.25) is 0 Å². The van der Waals surface area contributed by atoms with Gasteiger partial charge in [0.25, 0.3) is 0 Å². The Hall–Kier alpha value is -3.09. The molecular weight excluding hydrogens is 363 g/mol. The maximum absolute atomic E-state index is 13.1. The van der Waals surface area contributed by atoms with Crippen LogP contribution in [-0.2, 0) is 6.42 Å². The van der Waals surface area contributed by atoms with E-state index in [2.05, 4.69) is 0 Å². The molecule has 0 radical (unpaired) electrons. The van der Waals surface area contributed by atoms with Crippen molar-refractivity contribution in [2.24, 2.45) is 0 Å². The van der Waals surface area contributed by atoms with Gasteiger partial charge in [-0.25, -0.2) is 4.39 Å². The lowest BCUT2D eigenvalue weighted by atomic mass is 9.98. The van der Waals surface area contributed by atoms with E-state index < -0.39 is 13.6 Å². The van der Waals surface area contributed by atoms with Crippen LogP contribution in [-0.4, -0.2) is 30.9 Å². The van der Waals surface area contributed by atoms with E-state index in [1.165, 1.54) is 12.1 Å². The van der Waals surface area contributed by atoms with E-state index in [9.17, 15) is 4.39 Å². The van der Waals surface area contributed by atoms with Crippen LogP contribution < -0.4 is 14.2 Å². The van der Waals surface area contributed by atoms with Crippen LogP contribution >= 0.6 is 0 Å². The maximum Gasteiger partial charge on any atom is 0.186 e. The Morgan fingerprint density at radius 1 is 0.750 bits per heavy atom. The molecule has 0 bridgehead atoms. The maximum atomic E-state index is 13.1. The number of methoxy groups -OCH3 is 1. The van der Waals surface area contributed by atoms with E-state index in [4.69, 9.17) is 24.4 Å². The number of aliphatic hydroxyl groups is 2. The van der Waals surface area contributed by atoms with E-state index in [0.717, 1.165) is 22.3 Å². The molecule has 3 rings (SSSR count). The second-order valence-corrected chi connectivity index (χ2v) is 6.05. The minimum absolute atomic E-state index is 0.263. The third-order valence-corrected chi connectivity index (χ3v) is 4.28. The van der Waals surface area contributed by atoms with Gasteiger partial charge in [-0.05, 0) is 59.5 Å². The molecule has 0 saturated carbocycles. The number of hydrogen-bond donors (Lipinski definition) is 2. The first kappa shape index (κ1) is 19.7. The van der Waals surface area contributed by atoms with E-state index >= 15 is 0 Å². The number of aliphatic hydroxyl groups excluding tert-OH is 2. The highest BCUT2D eigenvalue weighted by molar-refractivity contribution is 5.73. The normalized spacial score (nSPS) is 10.6. The Morgan fingerprint density at radius 3 is 2.07 bits per heavy atom. The minimum atomic E-state index is -0.521. The fourth-order valence-corrected chi connectivity index (χ4v) is 2.98. The van der Waals surface area contributed by atoms with Crippen molar-refractivity contribution in [3.63, 3.8) is 0 Å². The summed E-state index contributed by atoms with van der Waals surface area (Å²) >= 11 is 0. The van der Waals surface area contributed by atoms with Crippen LogP contribution in [0.1, 0.15) is 11.1 Å². The van der Waals surface area contributed by atoms with Gasteiger partial charge >= 0.3 is 0 Å². The van der Waals surface area contributed by atoms with Crippen molar-refractivity contribution in [1.29, 1.82) is 0 Å². The predicted molar refractivity (Wildman–Crippen MR) is 103 cm³/mol. The summed E-state index contributed by atoms with van der Waals surface area (Å²) in [5.74, 6) is 1.04. The van der Waals surface area contributed by atoms with Crippen molar-refractivity contribution >= 4 is 0 Å². The molecule has 0 aliphatic carbocycles. The SMILES string of the molecule is COc1ccc(Cc2ccc(F)cc2)cc1-c1ccc(OCO)c(OCO)c1. The number of benzene rings is 3. The topological polar surface area (TPSA) is 68.2 Å². The van der Waals surface area contributed by atoms with Gasteiger partial charge in [0.15, 0.2) is 25.1 Å². The third-order valence-electron chi connectivity index (χ3n) is 4.28. The molecule has 0 amide bonds. The molecule has 28 heavy (non-hydrogen) atoms. The highest BCUT2D eigenvalue weighted by atomic mass is 19.1. The molecular formula is C22H21FO5. The summed E-state index contributed by atoms with van der Waals surface area (Å²) < 4.78 is 28.9. The standard InChI is InChI=1S/C22H21FO5/c1-26-20-8-4-16(10-15-2-6-18(23)7-3-15)11-19(20)17-5-9-21(27-13-24)22(12-17)28-14-25/h2-9,11-12,24-25H,10,13-14H2,1H3. The van der Waals surface area contributed by atoms with Crippen molar-refractivity contribution in [2.45, 2.75) is 6.42 Å². The zero-order chi connectivity index (χ0) is 19.9. The van der Waals surface area contributed by atoms with Crippen LogP contribution in [0, 0.1) is 5.82 Å². The highest BCUT2D eigenvalue weighted by Crippen LogP contribution is 2.37. The molecule has 0 aliphatic rings. The molecule has 0 saturated heterocycles. The summed E-state index contributed by atoms with van der Waals surface area (Å²) in [7, 11) is 1.59. The minimum Gasteiger partial charge on any atom is -0.496 e. The first-order chi connectivity index (χ1) is 13.6. The Kier molecular flexibility index (Phi) is 6.47. The quantitative estimate of drug-likeness (QED) is 0.579. The molecule has 146 valence electrons. The Balaban J connectivity index is 1.97. The average molecular weight is 384 g/mol. The van der Waals surface area contributed by atoms with Gasteiger partial charge < -0.3 is 24.4 Å². The fourth-order valence-electron chi connectivity index (χ4n) is 2.98. The van der Waals surface area contributed by atoms with Gasteiger partial charge in [0.2, 0.25) is 0 Å². The zero-order valence-corrected chi connectivity index (χ0v) is 15.4. The van der Waals surface area contributed by atoms with Gasteiger partial charge in [0.1, 0.15) is 11.6 Å². The molecule has 0 heterocycles. The number of rotatable bonds is 8. The van der Waals surface area contributed by atoms with Crippen molar-refractivity contribution < 1.29 is 28.8 Å². The second-order valence-electron chi connectivity index (χ2n) is 6.05. The van der Waals surface area contributed by atoms with Gasteiger partial charge in [-0.15, -0.1) is 0 Å². The molecule has 2 N–H and O–H groups in total. The summed E-state index contributed by atoms with van der Waals surface area (Å²) in [6.45, 7) is -1.02. The van der Waals surface area contributed by atoms with Gasteiger partial charge in [-0.2, -0.15) is 0 Å². The van der Waals surface area contributed by atoms with Crippen LogP contribution in [0.4, 0.5) is 4.39 Å². The van der Waals surface area contributed by atoms with Crippen LogP contribution in [0.25, 0.3) is 11.1 Å². The lowest BCUT2D eigenvalue weighted by Crippen LogP contribution is -2.01. The summed E-state index contributed by atoms with van der Waals surface area (Å²) in [6, 6.07) is 17.4. The Labute approximate surface area is 162 Å². The van der Waals surface area contributed by atoms with Crippen LogP contribution in [0.5, 0.6) is 17.2 Å². The second kappa shape index (κ2) is 9.21. The Morgan fingerprint density at radius 2 is 1.39 bits per heavy atom. The molecule has 0 aliphatic heterocycles. The summed E-state index contributed by atoms with van der Waals surface area (Å²) in [4.78, 5) is 0.